The van der Waals surface area contributed by atoms with Gasteiger partial charge in [-0.25, -0.2) is 12.8 Å². The van der Waals surface area contributed by atoms with E-state index in [4.69, 9.17) is 11.6 Å². The second-order valence-electron chi connectivity index (χ2n) is 4.43. The van der Waals surface area contributed by atoms with Crippen molar-refractivity contribution >= 4 is 33.4 Å². The number of hydrogen-bond donors (Lipinski definition) is 0. The van der Waals surface area contributed by atoms with Crippen LogP contribution in [0.4, 0.5) is 4.39 Å². The van der Waals surface area contributed by atoms with Gasteiger partial charge < -0.3 is 0 Å². The van der Waals surface area contributed by atoms with Crippen LogP contribution in [0.15, 0.2) is 23.1 Å². The van der Waals surface area contributed by atoms with Crippen molar-refractivity contribution in [2.45, 2.75) is 23.7 Å². The molecule has 0 N–H and O–H groups in total. The molecule has 19 heavy (non-hydrogen) atoms. The van der Waals surface area contributed by atoms with Crippen molar-refractivity contribution < 1.29 is 12.8 Å². The maximum Gasteiger partial charge on any atom is 0.243 e. The molecule has 1 aliphatic heterocycles. The van der Waals surface area contributed by atoms with Crippen LogP contribution in [0.1, 0.15) is 12.5 Å². The van der Waals surface area contributed by atoms with E-state index >= 15 is 0 Å². The van der Waals surface area contributed by atoms with Gasteiger partial charge in [0, 0.05) is 29.7 Å². The van der Waals surface area contributed by atoms with E-state index in [-0.39, 0.29) is 22.4 Å². The molecular formula is C12H15ClFNO2S2. The second kappa shape index (κ2) is 5.99. The molecule has 0 bridgehead atoms. The largest absolute Gasteiger partial charge is 0.243 e. The smallest absolute Gasteiger partial charge is 0.207 e. The lowest BCUT2D eigenvalue weighted by atomic mass is 10.2. The van der Waals surface area contributed by atoms with Crippen LogP contribution >= 0.6 is 23.4 Å². The fraction of sp³-hybridized carbons (Fsp3) is 0.500. The minimum Gasteiger partial charge on any atom is -0.207 e. The number of sulfonamides is 1. The Bertz CT molecular complexity index is 565. The predicted molar refractivity (Wildman–Crippen MR) is 76.6 cm³/mol. The molecule has 0 saturated carbocycles. The molecule has 7 heteroatoms. The number of thioether (sulfide) groups is 1. The molecule has 0 aliphatic carbocycles. The summed E-state index contributed by atoms with van der Waals surface area (Å²) >= 11 is 7.36. The van der Waals surface area contributed by atoms with Crippen LogP contribution < -0.4 is 0 Å². The van der Waals surface area contributed by atoms with Gasteiger partial charge in [-0.1, -0.05) is 0 Å². The van der Waals surface area contributed by atoms with E-state index in [1.54, 1.807) is 11.8 Å². The first-order valence-electron chi connectivity index (χ1n) is 5.91. The zero-order chi connectivity index (χ0) is 14.0. The Labute approximate surface area is 122 Å². The van der Waals surface area contributed by atoms with Gasteiger partial charge in [-0.2, -0.15) is 16.1 Å². The van der Waals surface area contributed by atoms with Gasteiger partial charge in [0.15, 0.2) is 0 Å². The Morgan fingerprint density at radius 3 is 2.89 bits per heavy atom. The van der Waals surface area contributed by atoms with E-state index in [1.165, 1.54) is 16.4 Å². The van der Waals surface area contributed by atoms with Crippen LogP contribution in [0, 0.1) is 5.82 Å². The summed E-state index contributed by atoms with van der Waals surface area (Å²) in [4.78, 5) is 0.114. The van der Waals surface area contributed by atoms with Gasteiger partial charge in [-0.15, -0.1) is 11.6 Å². The predicted octanol–water partition coefficient (Wildman–Crippen LogP) is 2.69. The average Bonchev–Trinajstić information content (AvgIpc) is 2.39. The van der Waals surface area contributed by atoms with Gasteiger partial charge >= 0.3 is 0 Å². The molecule has 1 fully saturated rings. The summed E-state index contributed by atoms with van der Waals surface area (Å²) in [6.07, 6.45) is 0. The summed E-state index contributed by atoms with van der Waals surface area (Å²) < 4.78 is 39.9. The van der Waals surface area contributed by atoms with Gasteiger partial charge in [-0.05, 0) is 25.1 Å². The van der Waals surface area contributed by atoms with Gasteiger partial charge in [0.1, 0.15) is 5.82 Å². The Hall–Kier alpha value is -0.300. The summed E-state index contributed by atoms with van der Waals surface area (Å²) in [5.74, 6) is 1.05. The van der Waals surface area contributed by atoms with Crippen molar-refractivity contribution in [1.82, 2.24) is 4.31 Å². The Morgan fingerprint density at radius 2 is 2.26 bits per heavy atom. The number of rotatable bonds is 3. The molecule has 0 aromatic heterocycles. The zero-order valence-corrected chi connectivity index (χ0v) is 12.9. The van der Waals surface area contributed by atoms with Crippen molar-refractivity contribution in [3.63, 3.8) is 0 Å². The molecule has 1 aliphatic rings. The molecule has 1 aromatic rings. The highest BCUT2D eigenvalue weighted by molar-refractivity contribution is 7.99. The monoisotopic (exact) mass is 323 g/mol. The molecule has 0 amide bonds. The first kappa shape index (κ1) is 15.1. The van der Waals surface area contributed by atoms with E-state index in [0.29, 0.717) is 6.54 Å². The zero-order valence-electron chi connectivity index (χ0n) is 10.5. The van der Waals surface area contributed by atoms with Crippen LogP contribution in [0.25, 0.3) is 0 Å². The molecule has 0 radical (unpaired) electrons. The highest BCUT2D eigenvalue weighted by Crippen LogP contribution is 2.26. The van der Waals surface area contributed by atoms with Gasteiger partial charge in [0.25, 0.3) is 0 Å². The van der Waals surface area contributed by atoms with Crippen molar-refractivity contribution in [2.24, 2.45) is 0 Å². The van der Waals surface area contributed by atoms with Crippen molar-refractivity contribution in [2.75, 3.05) is 18.1 Å². The van der Waals surface area contributed by atoms with E-state index < -0.39 is 15.8 Å². The van der Waals surface area contributed by atoms with E-state index in [2.05, 4.69) is 0 Å². The molecule has 1 saturated heterocycles. The van der Waals surface area contributed by atoms with Crippen LogP contribution in [0.5, 0.6) is 0 Å². The molecule has 3 nitrogen and oxygen atoms in total. The molecule has 1 heterocycles. The molecule has 2 rings (SSSR count). The topological polar surface area (TPSA) is 37.4 Å². The van der Waals surface area contributed by atoms with Gasteiger partial charge in [0.05, 0.1) is 10.8 Å². The SMILES string of the molecule is CC1CSCCN1S(=O)(=O)c1ccc(F)c(CCl)c1. The average molecular weight is 324 g/mol. The highest BCUT2D eigenvalue weighted by atomic mass is 35.5. The number of alkyl halides is 1. The minimum atomic E-state index is -3.57. The summed E-state index contributed by atoms with van der Waals surface area (Å²) in [6, 6.07) is 3.74. The van der Waals surface area contributed by atoms with Crippen LogP contribution in [-0.4, -0.2) is 36.8 Å². The summed E-state index contributed by atoms with van der Waals surface area (Å²) in [5, 5.41) is 0. The number of hydrogen-bond acceptors (Lipinski definition) is 3. The standard InChI is InChI=1S/C12H15ClFNO2S2/c1-9-8-18-5-4-15(9)19(16,17)11-2-3-12(14)10(6-11)7-13/h2-3,6,9H,4-5,7-8H2,1H3. The Balaban J connectivity index is 2.38. The molecule has 1 unspecified atom stereocenters. The number of halogens is 2. The fourth-order valence-electron chi connectivity index (χ4n) is 2.02. The van der Waals surface area contributed by atoms with Crippen molar-refractivity contribution in [3.05, 3.63) is 29.6 Å². The van der Waals surface area contributed by atoms with E-state index in [0.717, 1.165) is 17.6 Å². The van der Waals surface area contributed by atoms with E-state index in [1.807, 2.05) is 6.92 Å². The molecular weight excluding hydrogens is 309 g/mol. The lowest BCUT2D eigenvalue weighted by molar-refractivity contribution is 0.367. The summed E-state index contributed by atoms with van der Waals surface area (Å²) in [5.41, 5.74) is 0.210. The van der Waals surface area contributed by atoms with Gasteiger partial charge in [0.2, 0.25) is 10.0 Å². The van der Waals surface area contributed by atoms with Crippen LogP contribution in [-0.2, 0) is 15.9 Å². The van der Waals surface area contributed by atoms with E-state index in [9.17, 15) is 12.8 Å². The van der Waals surface area contributed by atoms with Gasteiger partial charge in [-0.3, -0.25) is 0 Å². The highest BCUT2D eigenvalue weighted by Gasteiger charge is 2.31. The molecule has 1 aromatic carbocycles. The first-order chi connectivity index (χ1) is 8.96. The number of nitrogens with zero attached hydrogens (tertiary/aromatic N) is 1. The maximum atomic E-state index is 13.4. The third-order valence-electron chi connectivity index (χ3n) is 3.07. The Morgan fingerprint density at radius 1 is 1.53 bits per heavy atom. The maximum absolute atomic E-state index is 13.4. The first-order valence-corrected chi connectivity index (χ1v) is 9.03. The fourth-order valence-corrected chi connectivity index (χ4v) is 5.13. The van der Waals surface area contributed by atoms with Crippen molar-refractivity contribution in [1.29, 1.82) is 0 Å². The minimum absolute atomic E-state index is 0.0411. The Kier molecular flexibility index (Phi) is 4.76. The van der Waals surface area contributed by atoms with Crippen molar-refractivity contribution in [3.8, 4) is 0 Å². The lowest BCUT2D eigenvalue weighted by Crippen LogP contribution is -2.44. The third kappa shape index (κ3) is 3.07. The normalized spacial score (nSPS) is 21.5. The molecule has 1 atom stereocenters. The summed E-state index contributed by atoms with van der Waals surface area (Å²) in [7, 11) is -3.57. The summed E-state index contributed by atoms with van der Waals surface area (Å²) in [6.45, 7) is 2.37. The third-order valence-corrected chi connectivity index (χ3v) is 6.56. The quantitative estimate of drug-likeness (QED) is 0.803. The van der Waals surface area contributed by atoms with Crippen LogP contribution in [0.2, 0.25) is 0 Å². The van der Waals surface area contributed by atoms with Crippen LogP contribution in [0.3, 0.4) is 0 Å². The lowest BCUT2D eigenvalue weighted by Gasteiger charge is -2.32. The number of benzene rings is 1. The molecule has 106 valence electrons. The second-order valence-corrected chi connectivity index (χ2v) is 7.73. The molecule has 0 spiro atoms.